The van der Waals surface area contributed by atoms with Crippen molar-refractivity contribution >= 4 is 11.9 Å². The van der Waals surface area contributed by atoms with Gasteiger partial charge in [-0.2, -0.15) is 0 Å². The molecule has 160 valence electrons. The normalized spacial score (nSPS) is 10.2. The fourth-order valence-corrected chi connectivity index (χ4v) is 3.01. The molecule has 1 N–H and O–H groups in total. The smallest absolute Gasteiger partial charge is 0.155 e. The number of phenols is 1. The van der Waals surface area contributed by atoms with Crippen LogP contribution < -0.4 is 0 Å². The molecule has 0 fully saturated rings. The molecule has 29 heavy (non-hydrogen) atoms. The van der Waals surface area contributed by atoms with Gasteiger partial charge in [-0.1, -0.05) is 76.6 Å². The van der Waals surface area contributed by atoms with E-state index in [0.717, 1.165) is 11.1 Å². The van der Waals surface area contributed by atoms with E-state index >= 15 is 0 Å². The number of aromatic hydroxyl groups is 1. The number of allylic oxidation sites excluding steroid dienone is 1. The number of carbonyl (C=O) groups excluding carboxylic acids is 1. The predicted molar refractivity (Wildman–Crippen MR) is 128 cm³/mol. The summed E-state index contributed by atoms with van der Waals surface area (Å²) in [5.74, 6) is 1.21. The van der Waals surface area contributed by atoms with Gasteiger partial charge in [-0.3, -0.25) is 4.79 Å². The summed E-state index contributed by atoms with van der Waals surface area (Å²) >= 11 is 0. The van der Waals surface area contributed by atoms with Gasteiger partial charge in [0, 0.05) is 6.42 Å². The molecule has 0 saturated heterocycles. The lowest BCUT2D eigenvalue weighted by molar-refractivity contribution is -0.114. The second kappa shape index (κ2) is 14.6. The van der Waals surface area contributed by atoms with E-state index in [9.17, 15) is 4.79 Å². The Labute approximate surface area is 178 Å². The van der Waals surface area contributed by atoms with Crippen LogP contribution in [0.15, 0.2) is 42.5 Å². The van der Waals surface area contributed by atoms with Crippen molar-refractivity contribution in [3.63, 3.8) is 0 Å². The molecule has 2 aromatic rings. The molecule has 0 saturated carbocycles. The van der Waals surface area contributed by atoms with Gasteiger partial charge in [0.2, 0.25) is 0 Å². The van der Waals surface area contributed by atoms with E-state index in [2.05, 4.69) is 39.0 Å². The first-order chi connectivity index (χ1) is 13.8. The third-order valence-corrected chi connectivity index (χ3v) is 4.90. The molecule has 0 spiro atoms. The Hall–Kier alpha value is -2.35. The van der Waals surface area contributed by atoms with Crippen molar-refractivity contribution in [2.24, 2.45) is 0 Å². The second-order valence-corrected chi connectivity index (χ2v) is 7.07. The summed E-state index contributed by atoms with van der Waals surface area (Å²) < 4.78 is 0. The van der Waals surface area contributed by atoms with Crippen LogP contribution in [0.25, 0.3) is 6.08 Å². The first kappa shape index (κ1) is 26.6. The van der Waals surface area contributed by atoms with Crippen LogP contribution in [0.3, 0.4) is 0 Å². The number of hydrogen-bond acceptors (Lipinski definition) is 2. The number of benzene rings is 2. The molecule has 0 unspecified atom stereocenters. The lowest BCUT2D eigenvalue weighted by atomic mass is 9.91. The number of carbonyl (C=O) groups is 1. The van der Waals surface area contributed by atoms with Crippen molar-refractivity contribution in [2.75, 3.05) is 0 Å². The topological polar surface area (TPSA) is 37.3 Å². The van der Waals surface area contributed by atoms with Gasteiger partial charge in [-0.05, 0) is 73.9 Å². The Bertz CT molecular complexity index is 768. The molecule has 0 amide bonds. The van der Waals surface area contributed by atoms with E-state index in [4.69, 9.17) is 5.11 Å². The van der Waals surface area contributed by atoms with E-state index in [1.165, 1.54) is 29.5 Å². The Kier molecular flexibility index (Phi) is 13.4. The van der Waals surface area contributed by atoms with Crippen molar-refractivity contribution < 1.29 is 9.90 Å². The summed E-state index contributed by atoms with van der Waals surface area (Å²) in [4.78, 5) is 11.3. The highest BCUT2D eigenvalue weighted by Gasteiger charge is 2.07. The molecule has 0 aromatic heterocycles. The van der Waals surface area contributed by atoms with Crippen molar-refractivity contribution in [2.45, 2.75) is 80.6 Å². The summed E-state index contributed by atoms with van der Waals surface area (Å²) in [6.07, 6.45) is 6.54. The Morgan fingerprint density at radius 1 is 0.931 bits per heavy atom. The van der Waals surface area contributed by atoms with Gasteiger partial charge in [0.05, 0.1) is 0 Å². The van der Waals surface area contributed by atoms with Gasteiger partial charge in [0.15, 0.2) is 5.78 Å². The summed E-state index contributed by atoms with van der Waals surface area (Å²) in [5.41, 5.74) is 5.93. The average Bonchev–Trinajstić information content (AvgIpc) is 2.73. The SMILES string of the molecule is CC.CCC(=O)/C=C/c1ccc(C(CC)CC)cc1C.Cc1ccc(O)c(C)c1. The highest BCUT2D eigenvalue weighted by molar-refractivity contribution is 5.93. The third-order valence-electron chi connectivity index (χ3n) is 4.90. The van der Waals surface area contributed by atoms with Gasteiger partial charge in [0.25, 0.3) is 0 Å². The van der Waals surface area contributed by atoms with Crippen molar-refractivity contribution in [1.82, 2.24) is 0 Å². The van der Waals surface area contributed by atoms with Crippen LogP contribution in [-0.4, -0.2) is 10.9 Å². The predicted octanol–water partition coefficient (Wildman–Crippen LogP) is 7.93. The van der Waals surface area contributed by atoms with Gasteiger partial charge in [-0.25, -0.2) is 0 Å². The largest absolute Gasteiger partial charge is 0.508 e. The highest BCUT2D eigenvalue weighted by atomic mass is 16.3. The molecule has 0 bridgehead atoms. The molecule has 2 rings (SSSR count). The number of ketones is 1. The third kappa shape index (κ3) is 9.60. The van der Waals surface area contributed by atoms with Crippen LogP contribution in [-0.2, 0) is 4.79 Å². The molecule has 0 atom stereocenters. The molecule has 0 aliphatic carbocycles. The fraction of sp³-hybridized carbons (Fsp3) is 0.444. The molecule has 2 heteroatoms. The van der Waals surface area contributed by atoms with Crippen LogP contribution in [0.4, 0.5) is 0 Å². The van der Waals surface area contributed by atoms with Gasteiger partial charge < -0.3 is 5.11 Å². The van der Waals surface area contributed by atoms with Gasteiger partial charge in [0.1, 0.15) is 5.75 Å². The minimum Gasteiger partial charge on any atom is -0.508 e. The van der Waals surface area contributed by atoms with E-state index in [1.54, 1.807) is 12.1 Å². The zero-order chi connectivity index (χ0) is 22.4. The Morgan fingerprint density at radius 3 is 2.00 bits per heavy atom. The molecule has 0 heterocycles. The monoisotopic (exact) mass is 396 g/mol. The standard InChI is InChI=1S/C17H24O.C8H10O.C2H6/c1-5-14(6-2)16-9-8-15(13(4)12-16)10-11-17(18)7-3;1-6-3-4-8(9)7(2)5-6;1-2/h8-12,14H,5-7H2,1-4H3;3-5,9H,1-2H3;1-2H3/b11-10+;;. The van der Waals surface area contributed by atoms with E-state index in [0.29, 0.717) is 18.1 Å². The van der Waals surface area contributed by atoms with Crippen LogP contribution in [0.5, 0.6) is 5.75 Å². The molecule has 0 aliphatic heterocycles. The summed E-state index contributed by atoms with van der Waals surface area (Å²) in [6, 6.07) is 12.1. The Morgan fingerprint density at radius 2 is 1.55 bits per heavy atom. The first-order valence-electron chi connectivity index (χ1n) is 10.9. The van der Waals surface area contributed by atoms with Crippen LogP contribution in [0, 0.1) is 20.8 Å². The van der Waals surface area contributed by atoms with Crippen molar-refractivity contribution in [3.8, 4) is 5.75 Å². The van der Waals surface area contributed by atoms with Crippen LogP contribution in [0.2, 0.25) is 0 Å². The van der Waals surface area contributed by atoms with Crippen LogP contribution in [0.1, 0.15) is 87.6 Å². The van der Waals surface area contributed by atoms with E-state index in [-0.39, 0.29) is 5.78 Å². The summed E-state index contributed by atoms with van der Waals surface area (Å²) in [5, 5.41) is 9.04. The quantitative estimate of drug-likeness (QED) is 0.503. The van der Waals surface area contributed by atoms with Crippen molar-refractivity contribution in [3.05, 3.63) is 70.3 Å². The number of rotatable bonds is 6. The van der Waals surface area contributed by atoms with E-state index in [1.807, 2.05) is 52.8 Å². The second-order valence-electron chi connectivity index (χ2n) is 7.07. The lowest BCUT2D eigenvalue weighted by Gasteiger charge is -2.14. The maximum absolute atomic E-state index is 11.3. The Balaban J connectivity index is 0.000000595. The average molecular weight is 397 g/mol. The molecular weight excluding hydrogens is 356 g/mol. The minimum absolute atomic E-state index is 0.179. The first-order valence-corrected chi connectivity index (χ1v) is 10.9. The highest BCUT2D eigenvalue weighted by Crippen LogP contribution is 2.25. The van der Waals surface area contributed by atoms with Crippen molar-refractivity contribution in [1.29, 1.82) is 0 Å². The van der Waals surface area contributed by atoms with Gasteiger partial charge >= 0.3 is 0 Å². The van der Waals surface area contributed by atoms with Crippen LogP contribution >= 0.6 is 0 Å². The maximum atomic E-state index is 11.3. The van der Waals surface area contributed by atoms with E-state index < -0.39 is 0 Å². The lowest BCUT2D eigenvalue weighted by Crippen LogP contribution is -1.96. The zero-order valence-electron chi connectivity index (χ0n) is 19.7. The molecule has 2 aromatic carbocycles. The van der Waals surface area contributed by atoms with Gasteiger partial charge in [-0.15, -0.1) is 0 Å². The zero-order valence-corrected chi connectivity index (χ0v) is 19.7. The molecular formula is C27H40O2. The summed E-state index contributed by atoms with van der Waals surface area (Å²) in [7, 11) is 0. The minimum atomic E-state index is 0.179. The fourth-order valence-electron chi connectivity index (χ4n) is 3.01. The number of aryl methyl sites for hydroxylation is 3. The maximum Gasteiger partial charge on any atom is 0.155 e. The summed E-state index contributed by atoms with van der Waals surface area (Å²) in [6.45, 7) is 16.4. The molecule has 2 nitrogen and oxygen atoms in total. The molecule has 0 aliphatic rings. The number of hydrogen-bond donors (Lipinski definition) is 1. The number of phenolic OH excluding ortho intramolecular Hbond substituents is 1. The molecule has 0 radical (unpaired) electrons.